The van der Waals surface area contributed by atoms with Crippen LogP contribution < -0.4 is 5.32 Å². The number of aliphatic hydroxyl groups is 1. The number of aliphatic hydroxyl groups excluding tert-OH is 1. The van der Waals surface area contributed by atoms with Crippen LogP contribution in [0.1, 0.15) is 194 Å². The molecule has 2 N–H and O–H groups in total. The number of unbranched alkanes of at least 4 members (excludes halogenated alkanes) is 26. The maximum Gasteiger partial charge on any atom is 0.104 e. The molecule has 0 aromatic rings. The number of nitrogens with one attached hydrogen (secondary N) is 1. The molecule has 0 bridgehead atoms. The number of rotatable bonds is 40. The molecule has 0 heterocycles. The Morgan fingerprint density at radius 2 is 0.756 bits per heavy atom. The van der Waals surface area contributed by atoms with Crippen LogP contribution in [0.15, 0.2) is 0 Å². The number of hydrogen-bond acceptors (Lipinski definition) is 5. The fourth-order valence-corrected chi connectivity index (χ4v) is 5.87. The molecule has 1 atom stereocenters. The van der Waals surface area contributed by atoms with Crippen molar-refractivity contribution < 1.29 is 19.3 Å². The molecule has 0 spiro atoms. The second kappa shape index (κ2) is 44.1. The van der Waals surface area contributed by atoms with E-state index in [4.69, 9.17) is 19.3 Å². The molecule has 0 aromatic carbocycles. The van der Waals surface area contributed by atoms with E-state index in [-0.39, 0.29) is 25.1 Å². The summed E-state index contributed by atoms with van der Waals surface area (Å²) in [5.41, 5.74) is 0. The number of halogens is 1. The van der Waals surface area contributed by atoms with Crippen LogP contribution in [0.5, 0.6) is 0 Å². The van der Waals surface area contributed by atoms with Gasteiger partial charge in [-0.3, -0.25) is 0 Å². The first-order valence-corrected chi connectivity index (χ1v) is 19.9. The minimum Gasteiger partial charge on any atom is -0.395 e. The second-order valence-corrected chi connectivity index (χ2v) is 13.3. The maximum absolute atomic E-state index is 8.90. The molecular weight excluding hydrogens is 582 g/mol. The number of hydrogen-bond donors (Lipinski definition) is 2. The van der Waals surface area contributed by atoms with Crippen molar-refractivity contribution in [3.05, 3.63) is 0 Å². The average molecular weight is 665 g/mol. The van der Waals surface area contributed by atoms with Crippen molar-refractivity contribution in [1.82, 2.24) is 5.32 Å². The third kappa shape index (κ3) is 42.1. The summed E-state index contributed by atoms with van der Waals surface area (Å²) in [5.74, 6) is 0. The summed E-state index contributed by atoms with van der Waals surface area (Å²) in [5, 5.41) is 12.1. The molecule has 0 saturated carbocycles. The van der Waals surface area contributed by atoms with E-state index in [0.717, 1.165) is 32.6 Å². The SMILES string of the molecule is CCCCCCCCCCCCCCCCOCC(COCCNCCO)OCCCCCCCCCCCCCCCC.Cl. The lowest BCUT2D eigenvalue weighted by Gasteiger charge is -2.18. The van der Waals surface area contributed by atoms with Gasteiger partial charge in [-0.05, 0) is 12.8 Å². The van der Waals surface area contributed by atoms with Gasteiger partial charge in [-0.1, -0.05) is 181 Å². The smallest absolute Gasteiger partial charge is 0.104 e. The van der Waals surface area contributed by atoms with Gasteiger partial charge in [0.05, 0.1) is 26.4 Å². The van der Waals surface area contributed by atoms with Crippen molar-refractivity contribution in [2.45, 2.75) is 200 Å². The zero-order chi connectivity index (χ0) is 31.9. The highest BCUT2D eigenvalue weighted by Gasteiger charge is 2.10. The van der Waals surface area contributed by atoms with Crippen molar-refractivity contribution >= 4 is 12.4 Å². The summed E-state index contributed by atoms with van der Waals surface area (Å²) in [4.78, 5) is 0. The van der Waals surface area contributed by atoms with Gasteiger partial charge in [0.25, 0.3) is 0 Å². The lowest BCUT2D eigenvalue weighted by atomic mass is 10.0. The second-order valence-electron chi connectivity index (χ2n) is 13.3. The van der Waals surface area contributed by atoms with Gasteiger partial charge >= 0.3 is 0 Å². The van der Waals surface area contributed by atoms with E-state index in [1.165, 1.54) is 167 Å². The van der Waals surface area contributed by atoms with E-state index < -0.39 is 0 Å². The summed E-state index contributed by atoms with van der Waals surface area (Å²) in [6.07, 6.45) is 38.6. The Morgan fingerprint density at radius 1 is 0.422 bits per heavy atom. The van der Waals surface area contributed by atoms with E-state index in [1.54, 1.807) is 0 Å². The van der Waals surface area contributed by atoms with Gasteiger partial charge < -0.3 is 24.6 Å². The quantitative estimate of drug-likeness (QED) is 0.0639. The van der Waals surface area contributed by atoms with Crippen LogP contribution >= 0.6 is 12.4 Å². The predicted octanol–water partition coefficient (Wildman–Crippen LogP) is 11.4. The molecule has 0 rings (SSSR count). The van der Waals surface area contributed by atoms with Gasteiger partial charge in [-0.2, -0.15) is 0 Å². The molecular formula is C39H82ClNO4. The van der Waals surface area contributed by atoms with Crippen LogP contribution in [-0.4, -0.2) is 63.9 Å². The monoisotopic (exact) mass is 664 g/mol. The molecule has 0 fully saturated rings. The Hall–Kier alpha value is 0.0900. The van der Waals surface area contributed by atoms with Crippen molar-refractivity contribution in [2.75, 3.05) is 52.7 Å². The molecule has 45 heavy (non-hydrogen) atoms. The van der Waals surface area contributed by atoms with Gasteiger partial charge in [0, 0.05) is 26.3 Å². The Labute approximate surface area is 288 Å². The molecule has 0 radical (unpaired) electrons. The number of ether oxygens (including phenoxy) is 3. The molecule has 274 valence electrons. The van der Waals surface area contributed by atoms with Crippen LogP contribution in [0.3, 0.4) is 0 Å². The first kappa shape index (κ1) is 47.2. The fraction of sp³-hybridized carbons (Fsp3) is 1.00. The standard InChI is InChI=1S/C39H81NO4.ClH/c1-3-5-7-9-11-13-15-17-19-21-23-25-27-29-34-42-37-39(38-43-36-32-40-31-33-41)44-35-30-28-26-24-22-20-18-16-14-12-10-8-6-4-2;/h39-41H,3-38H2,1-2H3;1H. The predicted molar refractivity (Wildman–Crippen MR) is 199 cm³/mol. The molecule has 1 unspecified atom stereocenters. The van der Waals surface area contributed by atoms with Crippen LogP contribution in [0.2, 0.25) is 0 Å². The first-order valence-electron chi connectivity index (χ1n) is 19.9. The molecule has 5 nitrogen and oxygen atoms in total. The van der Waals surface area contributed by atoms with E-state index in [2.05, 4.69) is 19.2 Å². The summed E-state index contributed by atoms with van der Waals surface area (Å²) >= 11 is 0. The topological polar surface area (TPSA) is 60.0 Å². The molecule has 0 aliphatic heterocycles. The minimum absolute atomic E-state index is 0. The van der Waals surface area contributed by atoms with Crippen molar-refractivity contribution in [1.29, 1.82) is 0 Å². The zero-order valence-electron chi connectivity index (χ0n) is 30.6. The largest absolute Gasteiger partial charge is 0.395 e. The summed E-state index contributed by atoms with van der Waals surface area (Å²) in [6, 6.07) is 0. The molecule has 0 aromatic heterocycles. The minimum atomic E-state index is 0. The van der Waals surface area contributed by atoms with E-state index in [0.29, 0.717) is 26.4 Å². The summed E-state index contributed by atoms with van der Waals surface area (Å²) < 4.78 is 18.1. The highest BCUT2D eigenvalue weighted by molar-refractivity contribution is 5.85. The van der Waals surface area contributed by atoms with E-state index in [1.807, 2.05) is 0 Å². The van der Waals surface area contributed by atoms with Gasteiger partial charge in [-0.25, -0.2) is 0 Å². The maximum atomic E-state index is 8.90. The molecule has 0 saturated heterocycles. The third-order valence-electron chi connectivity index (χ3n) is 8.81. The average Bonchev–Trinajstić information content (AvgIpc) is 3.03. The highest BCUT2D eigenvalue weighted by atomic mass is 35.5. The Kier molecular flexibility index (Phi) is 46.3. The fourth-order valence-electron chi connectivity index (χ4n) is 5.87. The van der Waals surface area contributed by atoms with Gasteiger partial charge in [-0.15, -0.1) is 12.4 Å². The van der Waals surface area contributed by atoms with Crippen molar-refractivity contribution in [3.63, 3.8) is 0 Å². The van der Waals surface area contributed by atoms with Gasteiger partial charge in [0.2, 0.25) is 0 Å². The Morgan fingerprint density at radius 3 is 1.13 bits per heavy atom. The lowest BCUT2D eigenvalue weighted by Crippen LogP contribution is -2.29. The van der Waals surface area contributed by atoms with Crippen LogP contribution in [0, 0.1) is 0 Å². The third-order valence-corrected chi connectivity index (χ3v) is 8.81. The highest BCUT2D eigenvalue weighted by Crippen LogP contribution is 2.14. The van der Waals surface area contributed by atoms with Crippen LogP contribution in [0.4, 0.5) is 0 Å². The van der Waals surface area contributed by atoms with Crippen LogP contribution in [-0.2, 0) is 14.2 Å². The lowest BCUT2D eigenvalue weighted by molar-refractivity contribution is -0.0607. The molecule has 0 aliphatic carbocycles. The van der Waals surface area contributed by atoms with Crippen LogP contribution in [0.25, 0.3) is 0 Å². The summed E-state index contributed by atoms with van der Waals surface area (Å²) in [7, 11) is 0. The van der Waals surface area contributed by atoms with Gasteiger partial charge in [0.15, 0.2) is 0 Å². The summed E-state index contributed by atoms with van der Waals surface area (Å²) in [6.45, 7) is 9.60. The first-order chi connectivity index (χ1) is 21.8. The Balaban J connectivity index is 0. The zero-order valence-corrected chi connectivity index (χ0v) is 31.4. The van der Waals surface area contributed by atoms with Crippen molar-refractivity contribution in [2.24, 2.45) is 0 Å². The van der Waals surface area contributed by atoms with Crippen molar-refractivity contribution in [3.8, 4) is 0 Å². The normalized spacial score (nSPS) is 12.1. The molecule has 0 amide bonds. The molecule has 0 aliphatic rings. The van der Waals surface area contributed by atoms with E-state index >= 15 is 0 Å². The Bertz CT molecular complexity index is 500. The van der Waals surface area contributed by atoms with E-state index in [9.17, 15) is 0 Å². The van der Waals surface area contributed by atoms with Gasteiger partial charge in [0.1, 0.15) is 6.10 Å². The molecule has 6 heteroatoms.